The molecule has 0 spiro atoms. The summed E-state index contributed by atoms with van der Waals surface area (Å²) >= 11 is 0. The van der Waals surface area contributed by atoms with Crippen LogP contribution < -0.4 is 0 Å². The van der Waals surface area contributed by atoms with Crippen molar-refractivity contribution in [2.75, 3.05) is 20.7 Å². The predicted octanol–water partition coefficient (Wildman–Crippen LogP) is 3.17. The Hall–Kier alpha value is -2.99. The van der Waals surface area contributed by atoms with Gasteiger partial charge >= 0.3 is 5.97 Å². The third kappa shape index (κ3) is 5.01. The molecule has 0 amide bonds. The average molecular weight is 364 g/mol. The van der Waals surface area contributed by atoms with E-state index in [4.69, 9.17) is 4.74 Å². The van der Waals surface area contributed by atoms with Gasteiger partial charge in [0.1, 0.15) is 5.69 Å². The topological polar surface area (TPSA) is 60.2 Å². The third-order valence-electron chi connectivity index (χ3n) is 4.39. The molecule has 6 heteroatoms. The van der Waals surface area contributed by atoms with Crippen molar-refractivity contribution in [1.29, 1.82) is 0 Å². The number of nitrogens with zero attached hydrogens (tertiary/aromatic N) is 4. The number of benzene rings is 1. The molecule has 0 bridgehead atoms. The zero-order valence-corrected chi connectivity index (χ0v) is 15.9. The van der Waals surface area contributed by atoms with Crippen molar-refractivity contribution in [2.45, 2.75) is 20.0 Å². The van der Waals surface area contributed by atoms with Gasteiger partial charge in [-0.15, -0.1) is 0 Å². The van der Waals surface area contributed by atoms with Gasteiger partial charge < -0.3 is 14.2 Å². The maximum Gasteiger partial charge on any atom is 0.337 e. The summed E-state index contributed by atoms with van der Waals surface area (Å²) in [5.74, 6) is -0.379. The summed E-state index contributed by atoms with van der Waals surface area (Å²) in [7, 11) is 3.48. The molecule has 0 aliphatic rings. The molecule has 140 valence electrons. The van der Waals surface area contributed by atoms with E-state index in [2.05, 4.69) is 53.1 Å². The summed E-state index contributed by atoms with van der Waals surface area (Å²) in [4.78, 5) is 22.7. The van der Waals surface area contributed by atoms with Crippen LogP contribution in [0.15, 0.2) is 55.1 Å². The summed E-state index contributed by atoms with van der Waals surface area (Å²) in [6.45, 7) is 4.73. The van der Waals surface area contributed by atoms with Crippen LogP contribution in [0, 0.1) is 6.92 Å². The lowest BCUT2D eigenvalue weighted by molar-refractivity contribution is 0.0600. The summed E-state index contributed by atoms with van der Waals surface area (Å²) in [6, 6.07) is 11.9. The highest BCUT2D eigenvalue weighted by molar-refractivity contribution is 5.90. The molecule has 2 heterocycles. The zero-order valence-electron chi connectivity index (χ0n) is 15.9. The normalized spacial score (nSPS) is 11.0. The first-order valence-corrected chi connectivity index (χ1v) is 8.86. The van der Waals surface area contributed by atoms with Gasteiger partial charge in [-0.1, -0.05) is 29.8 Å². The predicted molar refractivity (Wildman–Crippen MR) is 104 cm³/mol. The molecule has 0 aliphatic carbocycles. The van der Waals surface area contributed by atoms with Gasteiger partial charge in [-0.25, -0.2) is 9.78 Å². The van der Waals surface area contributed by atoms with Crippen molar-refractivity contribution in [3.8, 4) is 11.4 Å². The Morgan fingerprint density at radius 3 is 2.67 bits per heavy atom. The second-order valence-electron chi connectivity index (χ2n) is 6.64. The second kappa shape index (κ2) is 8.60. The lowest BCUT2D eigenvalue weighted by Crippen LogP contribution is -2.22. The minimum absolute atomic E-state index is 0.379. The van der Waals surface area contributed by atoms with E-state index in [0.29, 0.717) is 11.3 Å². The molecule has 0 aliphatic heterocycles. The van der Waals surface area contributed by atoms with Crippen LogP contribution in [0.1, 0.15) is 21.5 Å². The lowest BCUT2D eigenvalue weighted by Gasteiger charge is -2.17. The van der Waals surface area contributed by atoms with Gasteiger partial charge in [0.15, 0.2) is 0 Å². The van der Waals surface area contributed by atoms with E-state index in [1.165, 1.54) is 18.2 Å². The molecule has 3 aromatic rings. The molecule has 0 fully saturated rings. The first-order valence-electron chi connectivity index (χ1n) is 8.86. The Balaban J connectivity index is 1.59. The van der Waals surface area contributed by atoms with Crippen molar-refractivity contribution in [1.82, 2.24) is 19.4 Å². The Labute approximate surface area is 159 Å². The maximum absolute atomic E-state index is 11.7. The highest BCUT2D eigenvalue weighted by Gasteiger charge is 2.10. The van der Waals surface area contributed by atoms with E-state index in [9.17, 15) is 4.79 Å². The molecule has 0 saturated heterocycles. The number of aromatic nitrogens is 3. The van der Waals surface area contributed by atoms with Crippen LogP contribution in [0.25, 0.3) is 11.4 Å². The first kappa shape index (κ1) is 18.8. The smallest absolute Gasteiger partial charge is 0.337 e. The van der Waals surface area contributed by atoms with Gasteiger partial charge in [-0.3, -0.25) is 4.98 Å². The number of hydrogen-bond acceptors (Lipinski definition) is 5. The number of hydrogen-bond donors (Lipinski definition) is 0. The molecule has 1 aromatic carbocycles. The molecule has 0 saturated carbocycles. The van der Waals surface area contributed by atoms with Crippen molar-refractivity contribution in [2.24, 2.45) is 0 Å². The van der Waals surface area contributed by atoms with Gasteiger partial charge in [0.05, 0.1) is 24.7 Å². The van der Waals surface area contributed by atoms with E-state index >= 15 is 0 Å². The monoisotopic (exact) mass is 364 g/mol. The molecular weight excluding hydrogens is 340 g/mol. The summed E-state index contributed by atoms with van der Waals surface area (Å²) < 4.78 is 6.79. The second-order valence-corrected chi connectivity index (χ2v) is 6.64. The van der Waals surface area contributed by atoms with Crippen LogP contribution >= 0.6 is 0 Å². The number of carbonyl (C=O) groups is 1. The summed E-state index contributed by atoms with van der Waals surface area (Å²) in [5, 5.41) is 0. The fraction of sp³-hybridized carbons (Fsp3) is 0.286. The quantitative estimate of drug-likeness (QED) is 0.603. The molecule has 0 atom stereocenters. The molecule has 0 unspecified atom stereocenters. The Kier molecular flexibility index (Phi) is 5.98. The van der Waals surface area contributed by atoms with E-state index in [1.54, 1.807) is 24.7 Å². The Bertz CT molecular complexity index is 903. The Morgan fingerprint density at radius 1 is 1.15 bits per heavy atom. The Morgan fingerprint density at radius 2 is 1.93 bits per heavy atom. The van der Waals surface area contributed by atoms with Crippen LogP contribution in [-0.4, -0.2) is 46.1 Å². The standard InChI is InChI=1S/C21H24N4O2/c1-16-4-6-17(7-5-16)13-24(2)10-11-25-14-20(23-15-25)19-12-18(8-9-22-19)21(26)27-3/h4-9,12,14-15H,10-11,13H2,1-3H3. The lowest BCUT2D eigenvalue weighted by atomic mass is 10.1. The van der Waals surface area contributed by atoms with Crippen LogP contribution in [0.3, 0.4) is 0 Å². The van der Waals surface area contributed by atoms with Gasteiger partial charge in [-0.2, -0.15) is 0 Å². The van der Waals surface area contributed by atoms with Crippen molar-refractivity contribution in [3.63, 3.8) is 0 Å². The van der Waals surface area contributed by atoms with E-state index in [0.717, 1.165) is 25.3 Å². The molecule has 0 radical (unpaired) electrons. The number of ether oxygens (including phenoxy) is 1. The van der Waals surface area contributed by atoms with Gasteiger partial charge in [0.25, 0.3) is 0 Å². The highest BCUT2D eigenvalue weighted by atomic mass is 16.5. The van der Waals surface area contributed by atoms with E-state index < -0.39 is 0 Å². The zero-order chi connectivity index (χ0) is 19.2. The van der Waals surface area contributed by atoms with Crippen LogP contribution in [0.2, 0.25) is 0 Å². The molecule has 2 aromatic heterocycles. The number of methoxy groups -OCH3 is 1. The number of carbonyl (C=O) groups excluding carboxylic acids is 1. The van der Waals surface area contributed by atoms with Crippen molar-refractivity contribution < 1.29 is 9.53 Å². The fourth-order valence-corrected chi connectivity index (χ4v) is 2.80. The van der Waals surface area contributed by atoms with Crippen molar-refractivity contribution >= 4 is 5.97 Å². The van der Waals surface area contributed by atoms with Crippen LogP contribution in [0.4, 0.5) is 0 Å². The summed E-state index contributed by atoms with van der Waals surface area (Å²) in [6.07, 6.45) is 5.33. The SMILES string of the molecule is COC(=O)c1ccnc(-c2cn(CCN(C)Cc3ccc(C)cc3)cn2)c1. The maximum atomic E-state index is 11.7. The number of pyridine rings is 1. The molecule has 3 rings (SSSR count). The number of rotatable bonds is 7. The number of esters is 1. The number of aryl methyl sites for hydroxylation is 1. The van der Waals surface area contributed by atoms with Crippen LogP contribution in [0.5, 0.6) is 0 Å². The van der Waals surface area contributed by atoms with Crippen molar-refractivity contribution in [3.05, 3.63) is 71.8 Å². The van der Waals surface area contributed by atoms with Gasteiger partial charge in [-0.05, 0) is 31.7 Å². The van der Waals surface area contributed by atoms with E-state index in [1.807, 2.05) is 10.8 Å². The van der Waals surface area contributed by atoms with Gasteiger partial charge in [0.2, 0.25) is 0 Å². The number of likely N-dealkylation sites (N-methyl/N-ethyl adjacent to an activating group) is 1. The summed E-state index contributed by atoms with van der Waals surface area (Å²) in [5.41, 5.74) is 4.44. The van der Waals surface area contributed by atoms with Gasteiger partial charge in [0, 0.05) is 32.0 Å². The van der Waals surface area contributed by atoms with E-state index in [-0.39, 0.29) is 5.97 Å². The number of imidazole rings is 1. The largest absolute Gasteiger partial charge is 0.465 e. The average Bonchev–Trinajstić information content (AvgIpc) is 3.17. The fourth-order valence-electron chi connectivity index (χ4n) is 2.80. The minimum atomic E-state index is -0.379. The minimum Gasteiger partial charge on any atom is -0.465 e. The highest BCUT2D eigenvalue weighted by Crippen LogP contribution is 2.16. The van der Waals surface area contributed by atoms with Crippen LogP contribution in [-0.2, 0) is 17.8 Å². The first-order chi connectivity index (χ1) is 13.0. The third-order valence-corrected chi connectivity index (χ3v) is 4.39. The molecular formula is C21H24N4O2. The molecule has 6 nitrogen and oxygen atoms in total. The molecule has 0 N–H and O–H groups in total. The molecule has 27 heavy (non-hydrogen) atoms.